The number of phenols is 1. The molecule has 1 aliphatic heterocycles. The zero-order valence-corrected chi connectivity index (χ0v) is 20.9. The molecule has 5 unspecified atom stereocenters. The van der Waals surface area contributed by atoms with Crippen molar-refractivity contribution in [2.45, 2.75) is 30.7 Å². The minimum Gasteiger partial charge on any atom is -0.507 e. The molecule has 5 N–H and O–H groups in total. The topological polar surface area (TPSA) is 187 Å². The van der Waals surface area contributed by atoms with Crippen LogP contribution in [0.15, 0.2) is 33.5 Å². The molecule has 13 heteroatoms. The Bertz CT molecular complexity index is 1370. The highest BCUT2D eigenvalue weighted by Gasteiger charge is 2.45. The van der Waals surface area contributed by atoms with Gasteiger partial charge in [-0.2, -0.15) is 0 Å². The fraction of sp³-hybridized carbons (Fsp3) is 0.400. The first-order valence-electron chi connectivity index (χ1n) is 11.3. The van der Waals surface area contributed by atoms with E-state index in [1.54, 1.807) is 0 Å². The lowest BCUT2D eigenvalue weighted by molar-refractivity contribution is -0.277. The molecule has 0 bridgehead atoms. The van der Waals surface area contributed by atoms with Crippen LogP contribution in [0.3, 0.4) is 0 Å². The maximum atomic E-state index is 13.3. The lowest BCUT2D eigenvalue weighted by atomic mass is 9.99. The summed E-state index contributed by atoms with van der Waals surface area (Å²) in [4.78, 5) is 13.3. The molecule has 206 valence electrons. The summed E-state index contributed by atoms with van der Waals surface area (Å²) in [5.74, 6) is -0.261. The molecule has 0 radical (unpaired) electrons. The Kier molecular flexibility index (Phi) is 7.85. The lowest BCUT2D eigenvalue weighted by Crippen LogP contribution is -2.60. The van der Waals surface area contributed by atoms with Crippen LogP contribution in [0, 0.1) is 0 Å². The predicted molar refractivity (Wildman–Crippen MR) is 130 cm³/mol. The number of methoxy groups -OCH3 is 4. The average Bonchev–Trinajstić information content (AvgIpc) is 2.92. The van der Waals surface area contributed by atoms with Crippen molar-refractivity contribution >= 4 is 11.0 Å². The summed E-state index contributed by atoms with van der Waals surface area (Å²) in [5, 5.41) is 50.6. The molecule has 1 aliphatic rings. The van der Waals surface area contributed by atoms with Gasteiger partial charge in [0.25, 0.3) is 0 Å². The van der Waals surface area contributed by atoms with Gasteiger partial charge in [-0.15, -0.1) is 0 Å². The zero-order chi connectivity index (χ0) is 27.7. The van der Waals surface area contributed by atoms with E-state index in [0.717, 1.165) is 0 Å². The van der Waals surface area contributed by atoms with E-state index in [1.165, 1.54) is 52.7 Å². The van der Waals surface area contributed by atoms with E-state index < -0.39 is 42.7 Å². The van der Waals surface area contributed by atoms with Crippen molar-refractivity contribution in [1.82, 2.24) is 0 Å². The number of phenolic OH excluding ortho intramolecular Hbond substituents is 1. The highest BCUT2D eigenvalue weighted by atomic mass is 16.7. The third-order valence-corrected chi connectivity index (χ3v) is 6.17. The fourth-order valence-electron chi connectivity index (χ4n) is 4.16. The highest BCUT2D eigenvalue weighted by Crippen LogP contribution is 2.45. The van der Waals surface area contributed by atoms with Crippen LogP contribution in [-0.4, -0.2) is 91.3 Å². The normalized spacial score (nSPS) is 23.2. The quantitative estimate of drug-likeness (QED) is 0.266. The number of fused-ring (bicyclic) bond motifs is 1. The molecule has 2 aromatic carbocycles. The SMILES string of the molecule is COc1cc(O)c2c(=O)c(OC)c(-c3cc(OC)c(OC)cc3OC3OC(CO)C(O)C(O)C3O)oc2c1. The number of rotatable bonds is 8. The molecule has 38 heavy (non-hydrogen) atoms. The van der Waals surface area contributed by atoms with Gasteiger partial charge in [-0.25, -0.2) is 0 Å². The standard InChI is InChI=1S/C25H28O13/c1-32-10-5-12(27)18-16(6-10)36-23(24(35-4)20(18)29)11-7-14(33-2)15(34-3)8-13(11)37-25-22(31)21(30)19(28)17(9-26)38-25/h5-8,17,19,21-22,25-28,30-31H,9H2,1-4H3. The number of hydrogen-bond acceptors (Lipinski definition) is 13. The second-order valence-electron chi connectivity index (χ2n) is 8.33. The van der Waals surface area contributed by atoms with Gasteiger partial charge in [-0.3, -0.25) is 4.79 Å². The van der Waals surface area contributed by atoms with E-state index in [4.69, 9.17) is 32.8 Å². The van der Waals surface area contributed by atoms with Crippen molar-refractivity contribution in [2.75, 3.05) is 35.0 Å². The minimum atomic E-state index is -1.72. The number of hydrogen-bond donors (Lipinski definition) is 5. The van der Waals surface area contributed by atoms with Crippen molar-refractivity contribution in [3.8, 4) is 45.8 Å². The van der Waals surface area contributed by atoms with Crippen LogP contribution >= 0.6 is 0 Å². The Morgan fingerprint density at radius 2 is 1.53 bits per heavy atom. The molecule has 1 aromatic heterocycles. The number of aliphatic hydroxyl groups is 4. The van der Waals surface area contributed by atoms with Gasteiger partial charge < -0.3 is 58.4 Å². The van der Waals surface area contributed by atoms with Crippen LogP contribution in [-0.2, 0) is 4.74 Å². The van der Waals surface area contributed by atoms with Gasteiger partial charge in [-0.05, 0) is 6.07 Å². The van der Waals surface area contributed by atoms with E-state index in [-0.39, 0.29) is 56.8 Å². The summed E-state index contributed by atoms with van der Waals surface area (Å²) >= 11 is 0. The predicted octanol–water partition coefficient (Wildman–Crippen LogP) is 0.379. The second kappa shape index (κ2) is 10.9. The molecule has 1 saturated heterocycles. The summed E-state index contributed by atoms with van der Waals surface area (Å²) in [6.45, 7) is -0.664. The van der Waals surface area contributed by atoms with E-state index in [1.807, 2.05) is 0 Å². The van der Waals surface area contributed by atoms with Crippen LogP contribution < -0.4 is 29.1 Å². The molecular formula is C25H28O13. The van der Waals surface area contributed by atoms with Crippen molar-refractivity contribution in [3.63, 3.8) is 0 Å². The average molecular weight is 536 g/mol. The summed E-state index contributed by atoms with van der Waals surface area (Å²) in [6, 6.07) is 5.44. The third-order valence-electron chi connectivity index (χ3n) is 6.17. The van der Waals surface area contributed by atoms with E-state index in [2.05, 4.69) is 0 Å². The van der Waals surface area contributed by atoms with Gasteiger partial charge >= 0.3 is 0 Å². The lowest BCUT2D eigenvalue weighted by Gasteiger charge is -2.39. The molecule has 0 spiro atoms. The first-order valence-corrected chi connectivity index (χ1v) is 11.3. The largest absolute Gasteiger partial charge is 0.507 e. The van der Waals surface area contributed by atoms with Crippen molar-refractivity contribution in [3.05, 3.63) is 34.5 Å². The summed E-state index contributed by atoms with van der Waals surface area (Å²) in [7, 11) is 5.38. The first kappa shape index (κ1) is 27.3. The summed E-state index contributed by atoms with van der Waals surface area (Å²) in [6.07, 6.45) is -7.81. The first-order chi connectivity index (χ1) is 18.2. The second-order valence-corrected chi connectivity index (χ2v) is 8.33. The maximum absolute atomic E-state index is 13.3. The van der Waals surface area contributed by atoms with Crippen LogP contribution in [0.25, 0.3) is 22.3 Å². The van der Waals surface area contributed by atoms with Crippen molar-refractivity contribution in [2.24, 2.45) is 0 Å². The van der Waals surface area contributed by atoms with Crippen LogP contribution in [0.5, 0.6) is 34.5 Å². The summed E-state index contributed by atoms with van der Waals surface area (Å²) < 4.78 is 38.6. The molecule has 3 aromatic rings. The van der Waals surface area contributed by atoms with Crippen LogP contribution in [0.4, 0.5) is 0 Å². The Morgan fingerprint density at radius 1 is 0.842 bits per heavy atom. The van der Waals surface area contributed by atoms with Gasteiger partial charge in [0.2, 0.25) is 17.5 Å². The third kappa shape index (κ3) is 4.66. The van der Waals surface area contributed by atoms with Gasteiger partial charge in [-0.1, -0.05) is 0 Å². The molecule has 4 rings (SSSR count). The van der Waals surface area contributed by atoms with Gasteiger partial charge in [0, 0.05) is 18.2 Å². The number of aliphatic hydroxyl groups excluding tert-OH is 4. The fourth-order valence-corrected chi connectivity index (χ4v) is 4.16. The van der Waals surface area contributed by atoms with Crippen LogP contribution in [0.2, 0.25) is 0 Å². The molecule has 0 amide bonds. The maximum Gasteiger partial charge on any atom is 0.239 e. The van der Waals surface area contributed by atoms with Gasteiger partial charge in [0.1, 0.15) is 52.6 Å². The van der Waals surface area contributed by atoms with E-state index in [9.17, 15) is 30.3 Å². The number of aromatic hydroxyl groups is 1. The molecule has 5 atom stereocenters. The van der Waals surface area contributed by atoms with Gasteiger partial charge in [0.15, 0.2) is 17.3 Å². The smallest absolute Gasteiger partial charge is 0.239 e. The molecule has 2 heterocycles. The minimum absolute atomic E-state index is 0.0313. The number of benzene rings is 2. The molecular weight excluding hydrogens is 508 g/mol. The molecule has 1 fully saturated rings. The Morgan fingerprint density at radius 3 is 2.13 bits per heavy atom. The van der Waals surface area contributed by atoms with E-state index in [0.29, 0.717) is 0 Å². The number of ether oxygens (including phenoxy) is 6. The van der Waals surface area contributed by atoms with Gasteiger partial charge in [0.05, 0.1) is 40.6 Å². The molecule has 0 aliphatic carbocycles. The zero-order valence-electron chi connectivity index (χ0n) is 20.9. The monoisotopic (exact) mass is 536 g/mol. The van der Waals surface area contributed by atoms with E-state index >= 15 is 0 Å². The Labute approximate surface area is 215 Å². The van der Waals surface area contributed by atoms with Crippen molar-refractivity contribution < 1.29 is 58.4 Å². The molecule has 13 nitrogen and oxygen atoms in total. The summed E-state index contributed by atoms with van der Waals surface area (Å²) in [5.41, 5.74) is -0.647. The molecule has 0 saturated carbocycles. The Hall–Kier alpha value is -3.75. The van der Waals surface area contributed by atoms with Crippen molar-refractivity contribution in [1.29, 1.82) is 0 Å². The van der Waals surface area contributed by atoms with Crippen LogP contribution in [0.1, 0.15) is 0 Å². The Balaban J connectivity index is 1.94. The highest BCUT2D eigenvalue weighted by molar-refractivity contribution is 5.89.